The van der Waals surface area contributed by atoms with Gasteiger partial charge in [-0.15, -0.1) is 0 Å². The van der Waals surface area contributed by atoms with Crippen molar-refractivity contribution >= 4 is 10.9 Å². The van der Waals surface area contributed by atoms with Crippen LogP contribution in [-0.4, -0.2) is 30.1 Å². The summed E-state index contributed by atoms with van der Waals surface area (Å²) in [6.07, 6.45) is 10.2. The maximum absolute atomic E-state index is 2.58. The van der Waals surface area contributed by atoms with Crippen molar-refractivity contribution in [2.45, 2.75) is 51.5 Å². The van der Waals surface area contributed by atoms with Gasteiger partial charge in [0.1, 0.15) is 0 Å². The second kappa shape index (κ2) is 6.23. The molecule has 0 N–H and O–H groups in total. The highest BCUT2D eigenvalue weighted by Gasteiger charge is 2.20. The van der Waals surface area contributed by atoms with Gasteiger partial charge in [0.15, 0.2) is 0 Å². The summed E-state index contributed by atoms with van der Waals surface area (Å²) < 4.78 is 2.58. The van der Waals surface area contributed by atoms with E-state index >= 15 is 0 Å². The molecule has 0 radical (unpaired) electrons. The summed E-state index contributed by atoms with van der Waals surface area (Å²) in [6, 6.07) is 7.81. The zero-order valence-electron chi connectivity index (χ0n) is 13.7. The number of hydrogen-bond acceptors (Lipinski definition) is 1. The lowest BCUT2D eigenvalue weighted by Gasteiger charge is -2.13. The van der Waals surface area contributed by atoms with E-state index in [-0.39, 0.29) is 0 Å². The highest BCUT2D eigenvalue weighted by molar-refractivity contribution is 5.85. The van der Waals surface area contributed by atoms with E-state index in [9.17, 15) is 0 Å². The van der Waals surface area contributed by atoms with Crippen molar-refractivity contribution in [3.05, 3.63) is 35.5 Å². The van der Waals surface area contributed by atoms with E-state index in [2.05, 4.69) is 54.9 Å². The van der Waals surface area contributed by atoms with Crippen LogP contribution in [0, 0.1) is 0 Å². The second-order valence-corrected chi connectivity index (χ2v) is 6.76. The molecular weight excluding hydrogens is 256 g/mol. The number of benzene rings is 1. The molecule has 1 fully saturated rings. The number of rotatable bonds is 5. The molecule has 1 aliphatic carbocycles. The van der Waals surface area contributed by atoms with E-state index in [0.717, 1.165) is 25.4 Å². The van der Waals surface area contributed by atoms with Crippen LogP contribution in [0.5, 0.6) is 0 Å². The monoisotopic (exact) mass is 284 g/mol. The first-order valence-electron chi connectivity index (χ1n) is 8.46. The molecule has 0 aliphatic heterocycles. The first-order chi connectivity index (χ1) is 10.2. The molecule has 0 amide bonds. The third-order valence-corrected chi connectivity index (χ3v) is 4.93. The van der Waals surface area contributed by atoms with Crippen molar-refractivity contribution < 1.29 is 0 Å². The maximum Gasteiger partial charge on any atom is 0.0485 e. The van der Waals surface area contributed by atoms with Gasteiger partial charge in [-0.2, -0.15) is 0 Å². The minimum atomic E-state index is 0.730. The molecule has 2 nitrogen and oxygen atoms in total. The number of hydrogen-bond donors (Lipinski definition) is 0. The van der Waals surface area contributed by atoms with Gasteiger partial charge in [-0.3, -0.25) is 0 Å². The van der Waals surface area contributed by atoms with Crippen molar-refractivity contribution in [1.29, 1.82) is 0 Å². The largest absolute Gasteiger partial charge is 0.344 e. The summed E-state index contributed by atoms with van der Waals surface area (Å²) in [7, 11) is 4.32. The molecule has 21 heavy (non-hydrogen) atoms. The molecular formula is C19H28N2. The number of aromatic nitrogens is 1. The Bertz CT molecular complexity index is 603. The fraction of sp³-hybridized carbons (Fsp3) is 0.579. The molecule has 3 rings (SSSR count). The van der Waals surface area contributed by atoms with Crippen LogP contribution in [0.4, 0.5) is 0 Å². The predicted molar refractivity (Wildman–Crippen MR) is 91.1 cm³/mol. The number of likely N-dealkylation sites (N-methyl/N-ethyl adjacent to an activating group) is 1. The Kier molecular flexibility index (Phi) is 4.34. The van der Waals surface area contributed by atoms with E-state index in [1.165, 1.54) is 47.7 Å². The van der Waals surface area contributed by atoms with Crippen molar-refractivity contribution in [3.8, 4) is 0 Å². The Morgan fingerprint density at radius 2 is 1.95 bits per heavy atom. The van der Waals surface area contributed by atoms with Crippen molar-refractivity contribution in [3.63, 3.8) is 0 Å². The lowest BCUT2D eigenvalue weighted by molar-refractivity contribution is 0.413. The molecule has 114 valence electrons. The summed E-state index contributed by atoms with van der Waals surface area (Å²) >= 11 is 0. The number of fused-ring (bicyclic) bond motifs is 1. The Balaban J connectivity index is 2.02. The Hall–Kier alpha value is -1.28. The summed E-state index contributed by atoms with van der Waals surface area (Å²) in [5, 5.41) is 1.49. The highest BCUT2D eigenvalue weighted by Crippen LogP contribution is 2.35. The normalized spacial score (nSPS) is 16.4. The van der Waals surface area contributed by atoms with Gasteiger partial charge in [0.05, 0.1) is 0 Å². The first-order valence-corrected chi connectivity index (χ1v) is 8.46. The van der Waals surface area contributed by atoms with E-state index in [4.69, 9.17) is 0 Å². The van der Waals surface area contributed by atoms with Gasteiger partial charge in [0, 0.05) is 29.7 Å². The minimum Gasteiger partial charge on any atom is -0.344 e. The summed E-state index contributed by atoms with van der Waals surface area (Å²) in [5.41, 5.74) is 4.44. The third kappa shape index (κ3) is 3.01. The molecule has 0 atom stereocenters. The quantitative estimate of drug-likeness (QED) is 0.789. The maximum atomic E-state index is 2.58. The van der Waals surface area contributed by atoms with Crippen LogP contribution in [0.1, 0.15) is 49.8 Å². The molecule has 1 aromatic heterocycles. The van der Waals surface area contributed by atoms with Crippen LogP contribution in [0.3, 0.4) is 0 Å². The summed E-state index contributed by atoms with van der Waals surface area (Å²) in [6.45, 7) is 3.37. The van der Waals surface area contributed by atoms with Gasteiger partial charge >= 0.3 is 0 Å². The number of nitrogens with zero attached hydrogens (tertiary/aromatic N) is 2. The lowest BCUT2D eigenvalue weighted by Crippen LogP contribution is -2.14. The van der Waals surface area contributed by atoms with Crippen LogP contribution in [-0.2, 0) is 12.8 Å². The predicted octanol–water partition coefficient (Wildman–Crippen LogP) is 4.42. The van der Waals surface area contributed by atoms with Gasteiger partial charge in [-0.25, -0.2) is 0 Å². The fourth-order valence-electron chi connectivity index (χ4n) is 3.62. The Labute approximate surface area is 128 Å². The van der Waals surface area contributed by atoms with Crippen LogP contribution in [0.15, 0.2) is 24.4 Å². The first kappa shape index (κ1) is 14.6. The van der Waals surface area contributed by atoms with Crippen molar-refractivity contribution in [2.75, 3.05) is 20.6 Å². The average molecular weight is 284 g/mol. The molecule has 1 saturated carbocycles. The zero-order chi connectivity index (χ0) is 14.8. The SMILES string of the molecule is CCc1ccc2c(c1)c(CCN(C)C)cn2C1CCCC1. The van der Waals surface area contributed by atoms with E-state index in [1.54, 1.807) is 0 Å². The van der Waals surface area contributed by atoms with E-state index < -0.39 is 0 Å². The fourth-order valence-corrected chi connectivity index (χ4v) is 3.62. The van der Waals surface area contributed by atoms with Crippen LogP contribution < -0.4 is 0 Å². The van der Waals surface area contributed by atoms with Crippen LogP contribution in [0.2, 0.25) is 0 Å². The Morgan fingerprint density at radius 3 is 2.62 bits per heavy atom. The third-order valence-electron chi connectivity index (χ3n) is 4.93. The molecule has 0 saturated heterocycles. The van der Waals surface area contributed by atoms with Crippen LogP contribution >= 0.6 is 0 Å². The summed E-state index contributed by atoms with van der Waals surface area (Å²) in [4.78, 5) is 2.28. The Morgan fingerprint density at radius 1 is 1.19 bits per heavy atom. The van der Waals surface area contributed by atoms with E-state index in [1.807, 2.05) is 0 Å². The average Bonchev–Trinajstić information content (AvgIpc) is 3.11. The molecule has 1 aromatic carbocycles. The van der Waals surface area contributed by atoms with E-state index in [0.29, 0.717) is 0 Å². The standard InChI is InChI=1S/C19H28N2/c1-4-15-9-10-19-18(13-15)16(11-12-20(2)3)14-21(19)17-7-5-6-8-17/h9-10,13-14,17H,4-8,11-12H2,1-3H3. The van der Waals surface area contributed by atoms with Gasteiger partial charge in [0.2, 0.25) is 0 Å². The minimum absolute atomic E-state index is 0.730. The highest BCUT2D eigenvalue weighted by atomic mass is 15.1. The molecule has 1 heterocycles. The smallest absolute Gasteiger partial charge is 0.0485 e. The molecule has 0 spiro atoms. The summed E-state index contributed by atoms with van der Waals surface area (Å²) in [5.74, 6) is 0. The molecule has 1 aliphatic rings. The van der Waals surface area contributed by atoms with Crippen molar-refractivity contribution in [2.24, 2.45) is 0 Å². The van der Waals surface area contributed by atoms with Gasteiger partial charge in [-0.05, 0) is 63.0 Å². The molecule has 2 heteroatoms. The van der Waals surface area contributed by atoms with Crippen molar-refractivity contribution in [1.82, 2.24) is 9.47 Å². The topological polar surface area (TPSA) is 8.17 Å². The van der Waals surface area contributed by atoms with Crippen LogP contribution in [0.25, 0.3) is 10.9 Å². The zero-order valence-corrected chi connectivity index (χ0v) is 13.7. The lowest BCUT2D eigenvalue weighted by atomic mass is 10.1. The second-order valence-electron chi connectivity index (χ2n) is 6.76. The van der Waals surface area contributed by atoms with Gasteiger partial charge in [0.25, 0.3) is 0 Å². The van der Waals surface area contributed by atoms with Gasteiger partial charge in [-0.1, -0.05) is 25.8 Å². The number of aryl methyl sites for hydroxylation is 1. The molecule has 0 bridgehead atoms. The molecule has 2 aromatic rings. The van der Waals surface area contributed by atoms with Gasteiger partial charge < -0.3 is 9.47 Å². The molecule has 0 unspecified atom stereocenters.